The quantitative estimate of drug-likeness (QED) is 0.805. The average molecular weight is 325 g/mol. The number of hydrogen-bond donors (Lipinski definition) is 1. The molecule has 1 aliphatic rings. The van der Waals surface area contributed by atoms with Crippen LogP contribution in [0, 0.1) is 0 Å². The molecule has 1 N–H and O–H groups in total. The molecule has 0 saturated heterocycles. The molecule has 1 aliphatic carbocycles. The van der Waals surface area contributed by atoms with Crippen molar-refractivity contribution in [3.63, 3.8) is 0 Å². The molecule has 2 rings (SSSR count). The molecule has 0 amide bonds. The van der Waals surface area contributed by atoms with E-state index in [0.29, 0.717) is 5.25 Å². The maximum Gasteiger partial charge on any atom is 0.416 e. The Bertz CT molecular complexity index is 467. The van der Waals surface area contributed by atoms with Crippen molar-refractivity contribution < 1.29 is 13.2 Å². The van der Waals surface area contributed by atoms with E-state index in [0.717, 1.165) is 37.8 Å². The zero-order valence-corrected chi connectivity index (χ0v) is 12.6. The van der Waals surface area contributed by atoms with E-state index >= 15 is 0 Å². The number of hydrogen-bond acceptors (Lipinski definition) is 3. The lowest BCUT2D eigenvalue weighted by Gasteiger charge is -2.29. The first kappa shape index (κ1) is 15.8. The van der Waals surface area contributed by atoms with Crippen LogP contribution in [0.15, 0.2) is 12.1 Å². The molecule has 0 aliphatic heterocycles. The van der Waals surface area contributed by atoms with Gasteiger partial charge in [-0.25, -0.2) is 4.98 Å². The second kappa shape index (κ2) is 6.43. The summed E-state index contributed by atoms with van der Waals surface area (Å²) in [4.78, 5) is 3.94. The van der Waals surface area contributed by atoms with Crippen LogP contribution in [0.4, 0.5) is 19.0 Å². The fourth-order valence-electron chi connectivity index (χ4n) is 2.43. The van der Waals surface area contributed by atoms with Crippen molar-refractivity contribution >= 4 is 29.2 Å². The van der Waals surface area contributed by atoms with E-state index in [1.54, 1.807) is 11.8 Å². The molecular weight excluding hydrogens is 309 g/mol. The number of rotatable bonds is 3. The fraction of sp³-hybridized carbons (Fsp3) is 0.615. The molecule has 0 radical (unpaired) electrons. The van der Waals surface area contributed by atoms with E-state index in [-0.39, 0.29) is 17.0 Å². The lowest BCUT2D eigenvalue weighted by Crippen LogP contribution is -2.29. The lowest BCUT2D eigenvalue weighted by molar-refractivity contribution is -0.137. The lowest BCUT2D eigenvalue weighted by atomic mass is 9.95. The van der Waals surface area contributed by atoms with Crippen LogP contribution in [0.1, 0.15) is 31.2 Å². The van der Waals surface area contributed by atoms with Crippen molar-refractivity contribution in [1.29, 1.82) is 0 Å². The van der Waals surface area contributed by atoms with Gasteiger partial charge in [-0.05, 0) is 37.7 Å². The summed E-state index contributed by atoms with van der Waals surface area (Å²) >= 11 is 7.48. The Morgan fingerprint density at radius 3 is 2.75 bits per heavy atom. The molecule has 2 unspecified atom stereocenters. The SMILES string of the molecule is CSC1CCCC(Nc2cc(C(F)(F)F)cc(Cl)n2)C1. The highest BCUT2D eigenvalue weighted by molar-refractivity contribution is 7.99. The van der Waals surface area contributed by atoms with E-state index in [1.807, 2.05) is 0 Å². The molecule has 20 heavy (non-hydrogen) atoms. The second-order valence-electron chi connectivity index (χ2n) is 4.93. The predicted octanol–water partition coefficient (Wildman–Crippen LogP) is 4.84. The van der Waals surface area contributed by atoms with E-state index in [1.165, 1.54) is 0 Å². The van der Waals surface area contributed by atoms with Crippen molar-refractivity contribution in [2.45, 2.75) is 43.2 Å². The Morgan fingerprint density at radius 1 is 1.35 bits per heavy atom. The van der Waals surface area contributed by atoms with Gasteiger partial charge in [-0.3, -0.25) is 0 Å². The van der Waals surface area contributed by atoms with Gasteiger partial charge in [-0.15, -0.1) is 0 Å². The van der Waals surface area contributed by atoms with Gasteiger partial charge in [0.25, 0.3) is 0 Å². The van der Waals surface area contributed by atoms with Gasteiger partial charge in [0.1, 0.15) is 11.0 Å². The van der Waals surface area contributed by atoms with Crippen molar-refractivity contribution in [2.24, 2.45) is 0 Å². The summed E-state index contributed by atoms with van der Waals surface area (Å²) in [5.74, 6) is 0.205. The summed E-state index contributed by atoms with van der Waals surface area (Å²) in [5.41, 5.74) is -0.766. The second-order valence-corrected chi connectivity index (χ2v) is 6.45. The Hall–Kier alpha value is -0.620. The highest BCUT2D eigenvalue weighted by Gasteiger charge is 2.32. The van der Waals surface area contributed by atoms with E-state index in [2.05, 4.69) is 16.6 Å². The summed E-state index contributed by atoms with van der Waals surface area (Å²) in [6, 6.07) is 2.03. The molecule has 1 heterocycles. The summed E-state index contributed by atoms with van der Waals surface area (Å²) < 4.78 is 38.2. The van der Waals surface area contributed by atoms with Gasteiger partial charge in [-0.2, -0.15) is 24.9 Å². The van der Waals surface area contributed by atoms with Crippen LogP contribution in [0.2, 0.25) is 5.15 Å². The topological polar surface area (TPSA) is 24.9 Å². The van der Waals surface area contributed by atoms with Crippen LogP contribution in [-0.4, -0.2) is 22.5 Å². The minimum atomic E-state index is -4.41. The van der Waals surface area contributed by atoms with Crippen LogP contribution >= 0.6 is 23.4 Å². The number of alkyl halides is 3. The summed E-state index contributed by atoms with van der Waals surface area (Å²) in [6.45, 7) is 0. The molecule has 7 heteroatoms. The number of anilines is 1. The predicted molar refractivity (Wildman–Crippen MR) is 77.4 cm³/mol. The molecule has 112 valence electrons. The molecule has 0 bridgehead atoms. The van der Waals surface area contributed by atoms with E-state index in [4.69, 9.17) is 11.6 Å². The number of nitrogens with zero attached hydrogens (tertiary/aromatic N) is 1. The molecule has 2 nitrogen and oxygen atoms in total. The van der Waals surface area contributed by atoms with Gasteiger partial charge < -0.3 is 5.32 Å². The third-order valence-corrected chi connectivity index (χ3v) is 4.72. The number of halogens is 4. The number of nitrogens with one attached hydrogen (secondary N) is 1. The minimum Gasteiger partial charge on any atom is -0.367 e. The van der Waals surface area contributed by atoms with Crippen LogP contribution in [0.5, 0.6) is 0 Å². The monoisotopic (exact) mass is 324 g/mol. The van der Waals surface area contributed by atoms with Crippen molar-refractivity contribution in [3.05, 3.63) is 22.8 Å². The number of pyridine rings is 1. The van der Waals surface area contributed by atoms with E-state index < -0.39 is 11.7 Å². The van der Waals surface area contributed by atoms with Crippen molar-refractivity contribution in [1.82, 2.24) is 4.98 Å². The van der Waals surface area contributed by atoms with Gasteiger partial charge in [-0.1, -0.05) is 18.0 Å². The maximum absolute atomic E-state index is 12.7. The number of aromatic nitrogens is 1. The Kier molecular flexibility index (Phi) is 5.07. The third kappa shape index (κ3) is 4.19. The zero-order chi connectivity index (χ0) is 14.8. The van der Waals surface area contributed by atoms with Crippen LogP contribution in [0.25, 0.3) is 0 Å². The summed E-state index contributed by atoms with van der Waals surface area (Å²) in [5, 5.41) is 3.51. The van der Waals surface area contributed by atoms with Gasteiger partial charge in [0.15, 0.2) is 0 Å². The van der Waals surface area contributed by atoms with Crippen LogP contribution < -0.4 is 5.32 Å². The Balaban J connectivity index is 2.11. The zero-order valence-electron chi connectivity index (χ0n) is 11.0. The van der Waals surface area contributed by atoms with Crippen molar-refractivity contribution in [2.75, 3.05) is 11.6 Å². The number of thioether (sulfide) groups is 1. The Morgan fingerprint density at radius 2 is 2.10 bits per heavy atom. The Labute approximate surface area is 125 Å². The molecule has 1 aromatic heterocycles. The van der Waals surface area contributed by atoms with E-state index in [9.17, 15) is 13.2 Å². The van der Waals surface area contributed by atoms with Crippen LogP contribution in [-0.2, 0) is 6.18 Å². The molecule has 1 saturated carbocycles. The maximum atomic E-state index is 12.7. The van der Waals surface area contributed by atoms with Crippen molar-refractivity contribution in [3.8, 4) is 0 Å². The smallest absolute Gasteiger partial charge is 0.367 e. The molecule has 0 spiro atoms. The molecule has 0 aromatic carbocycles. The average Bonchev–Trinajstić information content (AvgIpc) is 2.37. The normalized spacial score (nSPS) is 23.6. The molecule has 1 aromatic rings. The fourth-order valence-corrected chi connectivity index (χ4v) is 3.47. The third-order valence-electron chi connectivity index (χ3n) is 3.43. The van der Waals surface area contributed by atoms with Gasteiger partial charge in [0, 0.05) is 11.3 Å². The first-order valence-electron chi connectivity index (χ1n) is 6.42. The standard InChI is InChI=1S/C13H16ClF3N2S/c1-20-10-4-2-3-9(7-10)18-12-6-8(13(15,16)17)5-11(14)19-12/h5-6,9-10H,2-4,7H2,1H3,(H,18,19). The molecule has 2 atom stereocenters. The molecular formula is C13H16ClF3N2S. The highest BCUT2D eigenvalue weighted by atomic mass is 35.5. The van der Waals surface area contributed by atoms with Gasteiger partial charge >= 0.3 is 6.18 Å². The highest BCUT2D eigenvalue weighted by Crippen LogP contribution is 2.33. The summed E-state index contributed by atoms with van der Waals surface area (Å²) in [7, 11) is 0. The first-order chi connectivity index (χ1) is 9.38. The largest absolute Gasteiger partial charge is 0.416 e. The van der Waals surface area contributed by atoms with Gasteiger partial charge in [0.05, 0.1) is 5.56 Å². The molecule has 1 fully saturated rings. The first-order valence-corrected chi connectivity index (χ1v) is 8.09. The van der Waals surface area contributed by atoms with Crippen LogP contribution in [0.3, 0.4) is 0 Å². The summed E-state index contributed by atoms with van der Waals surface area (Å²) in [6.07, 6.45) is 1.79. The van der Waals surface area contributed by atoms with Gasteiger partial charge in [0.2, 0.25) is 0 Å². The minimum absolute atomic E-state index is 0.139.